The van der Waals surface area contributed by atoms with Gasteiger partial charge in [0.2, 0.25) is 5.91 Å². The molecule has 1 saturated heterocycles. The van der Waals surface area contributed by atoms with Gasteiger partial charge in [-0.25, -0.2) is 4.98 Å². The normalized spacial score (nSPS) is 18.5. The Morgan fingerprint density at radius 1 is 1.24 bits per heavy atom. The van der Waals surface area contributed by atoms with Gasteiger partial charge in [0.1, 0.15) is 0 Å². The summed E-state index contributed by atoms with van der Waals surface area (Å²) in [5.41, 5.74) is 12.1. The molecule has 0 unspecified atom stereocenters. The van der Waals surface area contributed by atoms with Gasteiger partial charge >= 0.3 is 0 Å². The van der Waals surface area contributed by atoms with E-state index in [2.05, 4.69) is 48.0 Å². The Kier molecular flexibility index (Phi) is 6.13. The van der Waals surface area contributed by atoms with Crippen LogP contribution < -0.4 is 10.6 Å². The summed E-state index contributed by atoms with van der Waals surface area (Å²) in [4.78, 5) is 26.3. The predicted octanol–water partition coefficient (Wildman–Crippen LogP) is 4.14. The molecule has 1 aromatic carbocycles. The van der Waals surface area contributed by atoms with Crippen LogP contribution in [0, 0.1) is 6.92 Å². The molecule has 1 aliphatic heterocycles. The molecule has 1 atom stereocenters. The first-order valence-electron chi connectivity index (χ1n) is 12.2. The zero-order valence-electron chi connectivity index (χ0n) is 20.3. The third kappa shape index (κ3) is 4.09. The van der Waals surface area contributed by atoms with Gasteiger partial charge in [0.25, 0.3) is 0 Å². The number of carbonyl (C=O) groups is 1. The minimum absolute atomic E-state index is 0.0919. The summed E-state index contributed by atoms with van der Waals surface area (Å²) < 4.78 is 5.09. The molecule has 1 aliphatic carbocycles. The first kappa shape index (κ1) is 22.6. The number of benzene rings is 1. The van der Waals surface area contributed by atoms with Crippen molar-refractivity contribution < 1.29 is 9.53 Å². The van der Waals surface area contributed by atoms with Crippen LogP contribution in [0.3, 0.4) is 0 Å². The van der Waals surface area contributed by atoms with Crippen LogP contribution in [-0.2, 0) is 9.53 Å². The van der Waals surface area contributed by atoms with E-state index in [4.69, 9.17) is 15.5 Å². The number of amides is 1. The van der Waals surface area contributed by atoms with E-state index in [0.717, 1.165) is 54.1 Å². The zero-order chi connectivity index (χ0) is 23.8. The van der Waals surface area contributed by atoms with Crippen LogP contribution in [0.5, 0.6) is 0 Å². The molecule has 3 aromatic rings. The van der Waals surface area contributed by atoms with Crippen molar-refractivity contribution in [2.24, 2.45) is 0 Å². The summed E-state index contributed by atoms with van der Waals surface area (Å²) in [6, 6.07) is 8.52. The van der Waals surface area contributed by atoms with Crippen molar-refractivity contribution >= 4 is 28.2 Å². The first-order chi connectivity index (χ1) is 16.5. The number of ether oxygens (including phenoxy) is 1. The maximum absolute atomic E-state index is 12.6. The largest absolute Gasteiger partial charge is 0.396 e. The number of hydrogen-bond donors (Lipinski definition) is 1. The van der Waals surface area contributed by atoms with E-state index in [0.29, 0.717) is 25.5 Å². The Balaban J connectivity index is 1.51. The Labute approximate surface area is 200 Å². The second-order valence-corrected chi connectivity index (χ2v) is 9.54. The highest BCUT2D eigenvalue weighted by Gasteiger charge is 2.34. The van der Waals surface area contributed by atoms with Crippen molar-refractivity contribution in [3.05, 3.63) is 47.9 Å². The minimum Gasteiger partial charge on any atom is -0.396 e. The second kappa shape index (κ2) is 9.22. The van der Waals surface area contributed by atoms with E-state index in [1.807, 2.05) is 17.3 Å². The molecule has 7 nitrogen and oxygen atoms in total. The third-order valence-corrected chi connectivity index (χ3v) is 7.18. The highest BCUT2D eigenvalue weighted by Crippen LogP contribution is 2.48. The maximum Gasteiger partial charge on any atom is 0.225 e. The van der Waals surface area contributed by atoms with Crippen LogP contribution in [0.4, 0.5) is 11.5 Å². The van der Waals surface area contributed by atoms with Crippen LogP contribution in [0.2, 0.25) is 0 Å². The van der Waals surface area contributed by atoms with Crippen molar-refractivity contribution in [3.8, 4) is 11.1 Å². The summed E-state index contributed by atoms with van der Waals surface area (Å²) in [5, 5.41) is 2.29. The Morgan fingerprint density at radius 3 is 2.79 bits per heavy atom. The van der Waals surface area contributed by atoms with E-state index < -0.39 is 0 Å². The molecular formula is C27H33N5O2. The maximum atomic E-state index is 12.6. The number of piperazine rings is 1. The van der Waals surface area contributed by atoms with Gasteiger partial charge in [0, 0.05) is 62.0 Å². The number of pyridine rings is 2. The van der Waals surface area contributed by atoms with Crippen LogP contribution in [0.15, 0.2) is 36.7 Å². The van der Waals surface area contributed by atoms with Crippen molar-refractivity contribution in [2.75, 3.05) is 44.0 Å². The average molecular weight is 460 g/mol. The van der Waals surface area contributed by atoms with E-state index in [1.165, 1.54) is 16.5 Å². The number of anilines is 2. The SMILES string of the molecule is COCCC(=O)N1CCN(c2nc(C3CC3)c(-c3cccc4cnccc34)c(C)c2N)C[C@H]1C. The summed E-state index contributed by atoms with van der Waals surface area (Å²) in [5.74, 6) is 1.48. The molecule has 0 spiro atoms. The first-order valence-corrected chi connectivity index (χ1v) is 12.2. The fraction of sp³-hybridized carbons (Fsp3) is 0.444. The van der Waals surface area contributed by atoms with Gasteiger partial charge < -0.3 is 20.3 Å². The lowest BCUT2D eigenvalue weighted by Gasteiger charge is -2.41. The monoisotopic (exact) mass is 459 g/mol. The molecule has 2 aromatic heterocycles. The van der Waals surface area contributed by atoms with Gasteiger partial charge in [-0.05, 0) is 49.3 Å². The summed E-state index contributed by atoms with van der Waals surface area (Å²) >= 11 is 0. The minimum atomic E-state index is 0.0919. The molecule has 5 rings (SSSR count). The molecular weight excluding hydrogens is 426 g/mol. The summed E-state index contributed by atoms with van der Waals surface area (Å²) in [6.45, 7) is 6.79. The standard InChI is InChI=1S/C27H33N5O2/c1-17-16-31(12-13-32(17)23(33)10-14-34-3)27-25(28)18(2)24(26(30-27)19-7-8-19)22-6-4-5-20-15-29-11-9-21(20)22/h4-6,9,11,15,17,19H,7-8,10,12-14,16,28H2,1-3H3/t17-/m1/s1. The Hall–Kier alpha value is -3.19. The number of nitrogens with two attached hydrogens (primary N) is 1. The number of rotatable bonds is 6. The second-order valence-electron chi connectivity index (χ2n) is 9.54. The molecule has 2 aliphatic rings. The topological polar surface area (TPSA) is 84.6 Å². The van der Waals surface area contributed by atoms with Crippen LogP contribution in [0.1, 0.15) is 43.4 Å². The molecule has 7 heteroatoms. The number of aromatic nitrogens is 2. The highest BCUT2D eigenvalue weighted by molar-refractivity contribution is 5.99. The Bertz CT molecular complexity index is 1220. The van der Waals surface area contributed by atoms with Crippen molar-refractivity contribution in [2.45, 2.75) is 45.1 Å². The molecule has 34 heavy (non-hydrogen) atoms. The summed E-state index contributed by atoms with van der Waals surface area (Å²) in [7, 11) is 1.63. The molecule has 2 N–H and O–H groups in total. The predicted molar refractivity (Wildman–Crippen MR) is 136 cm³/mol. The Morgan fingerprint density at radius 2 is 2.06 bits per heavy atom. The van der Waals surface area contributed by atoms with E-state index in [9.17, 15) is 4.79 Å². The molecule has 0 radical (unpaired) electrons. The smallest absolute Gasteiger partial charge is 0.225 e. The van der Waals surface area contributed by atoms with Crippen LogP contribution in [0.25, 0.3) is 21.9 Å². The molecule has 178 valence electrons. The van der Waals surface area contributed by atoms with E-state index in [1.54, 1.807) is 7.11 Å². The van der Waals surface area contributed by atoms with Crippen molar-refractivity contribution in [1.82, 2.24) is 14.9 Å². The number of fused-ring (bicyclic) bond motifs is 1. The lowest BCUT2D eigenvalue weighted by molar-refractivity contribution is -0.134. The lowest BCUT2D eigenvalue weighted by atomic mass is 9.92. The van der Waals surface area contributed by atoms with Crippen molar-refractivity contribution in [3.63, 3.8) is 0 Å². The van der Waals surface area contributed by atoms with E-state index >= 15 is 0 Å². The van der Waals surface area contributed by atoms with Gasteiger partial charge in [-0.3, -0.25) is 9.78 Å². The third-order valence-electron chi connectivity index (χ3n) is 7.18. The van der Waals surface area contributed by atoms with Gasteiger partial charge in [0.05, 0.1) is 24.4 Å². The molecule has 3 heterocycles. The average Bonchev–Trinajstić information content (AvgIpc) is 3.69. The quantitative estimate of drug-likeness (QED) is 0.596. The number of carbonyl (C=O) groups excluding carboxylic acids is 1. The number of methoxy groups -OCH3 is 1. The van der Waals surface area contributed by atoms with Gasteiger partial charge in [-0.2, -0.15) is 0 Å². The number of hydrogen-bond acceptors (Lipinski definition) is 6. The van der Waals surface area contributed by atoms with Gasteiger partial charge in [-0.1, -0.05) is 18.2 Å². The molecule has 1 amide bonds. The molecule has 2 fully saturated rings. The lowest BCUT2D eigenvalue weighted by Crippen LogP contribution is -2.54. The van der Waals surface area contributed by atoms with Gasteiger partial charge in [0.15, 0.2) is 5.82 Å². The van der Waals surface area contributed by atoms with Gasteiger partial charge in [-0.15, -0.1) is 0 Å². The fourth-order valence-corrected chi connectivity index (χ4v) is 5.15. The van der Waals surface area contributed by atoms with Crippen LogP contribution in [-0.4, -0.2) is 60.2 Å². The number of nitrogen functional groups attached to an aromatic ring is 1. The van der Waals surface area contributed by atoms with Crippen LogP contribution >= 0.6 is 0 Å². The summed E-state index contributed by atoms with van der Waals surface area (Å²) in [6.07, 6.45) is 6.49. The number of nitrogens with zero attached hydrogens (tertiary/aromatic N) is 4. The van der Waals surface area contributed by atoms with E-state index in [-0.39, 0.29) is 11.9 Å². The van der Waals surface area contributed by atoms with Crippen molar-refractivity contribution in [1.29, 1.82) is 0 Å². The highest BCUT2D eigenvalue weighted by atomic mass is 16.5. The zero-order valence-corrected chi connectivity index (χ0v) is 20.3. The molecule has 0 bridgehead atoms. The molecule has 1 saturated carbocycles. The fourth-order valence-electron chi connectivity index (χ4n) is 5.15.